The molecule has 0 unspecified atom stereocenters. The molecule has 2 aliphatic rings. The van der Waals surface area contributed by atoms with E-state index in [-0.39, 0.29) is 11.5 Å². The number of pyridine rings is 1. The second kappa shape index (κ2) is 9.98. The number of anilines is 4. The van der Waals surface area contributed by atoms with Crippen LogP contribution in [0.5, 0.6) is 0 Å². The summed E-state index contributed by atoms with van der Waals surface area (Å²) in [6.45, 7) is 10.0. The first-order valence-electron chi connectivity index (χ1n) is 12.3. The lowest BCUT2D eigenvalue weighted by molar-refractivity contribution is -0.126. The monoisotopic (exact) mass is 488 g/mol. The van der Waals surface area contributed by atoms with Crippen molar-refractivity contribution in [1.82, 2.24) is 24.3 Å². The SMILES string of the molecule is C=CC(=O)N1CCN(c2cc3cnc(Nc4ccc(N5CCN(C)CC5)cc4)nc3n(C)c2=O)CC1. The molecule has 2 fully saturated rings. The average molecular weight is 489 g/mol. The quantitative estimate of drug-likeness (QED) is 0.543. The molecule has 0 bridgehead atoms. The molecule has 0 spiro atoms. The number of benzene rings is 1. The molecule has 188 valence electrons. The van der Waals surface area contributed by atoms with Gasteiger partial charge in [0.2, 0.25) is 11.9 Å². The summed E-state index contributed by atoms with van der Waals surface area (Å²) in [5, 5.41) is 4.04. The van der Waals surface area contributed by atoms with Gasteiger partial charge >= 0.3 is 0 Å². The largest absolute Gasteiger partial charge is 0.369 e. The number of hydrogen-bond donors (Lipinski definition) is 1. The Morgan fingerprint density at radius 3 is 2.31 bits per heavy atom. The molecule has 2 saturated heterocycles. The minimum atomic E-state index is -0.118. The first kappa shape index (κ1) is 23.8. The number of nitrogens with zero attached hydrogens (tertiary/aromatic N) is 7. The molecule has 3 aromatic rings. The third kappa shape index (κ3) is 4.76. The van der Waals surface area contributed by atoms with E-state index in [1.165, 1.54) is 11.8 Å². The number of piperazine rings is 2. The van der Waals surface area contributed by atoms with Crippen molar-refractivity contribution in [3.8, 4) is 0 Å². The molecule has 1 N–H and O–H groups in total. The van der Waals surface area contributed by atoms with Crippen molar-refractivity contribution in [2.24, 2.45) is 7.05 Å². The van der Waals surface area contributed by atoms with Crippen LogP contribution in [0, 0.1) is 0 Å². The molecule has 36 heavy (non-hydrogen) atoms. The number of amides is 1. The van der Waals surface area contributed by atoms with Crippen LogP contribution in [0.3, 0.4) is 0 Å². The smallest absolute Gasteiger partial charge is 0.275 e. The van der Waals surface area contributed by atoms with Crippen LogP contribution >= 0.6 is 0 Å². The maximum atomic E-state index is 13.2. The second-order valence-electron chi connectivity index (χ2n) is 9.34. The molecule has 10 heteroatoms. The maximum Gasteiger partial charge on any atom is 0.275 e. The maximum absolute atomic E-state index is 13.2. The van der Waals surface area contributed by atoms with E-state index in [1.54, 1.807) is 22.7 Å². The van der Waals surface area contributed by atoms with Gasteiger partial charge in [-0.05, 0) is 43.5 Å². The predicted molar refractivity (Wildman–Crippen MR) is 143 cm³/mol. The molecule has 10 nitrogen and oxygen atoms in total. The van der Waals surface area contributed by atoms with Crippen LogP contribution in [0.4, 0.5) is 23.0 Å². The van der Waals surface area contributed by atoms with Gasteiger partial charge < -0.3 is 24.9 Å². The highest BCUT2D eigenvalue weighted by molar-refractivity contribution is 5.87. The van der Waals surface area contributed by atoms with E-state index in [2.05, 4.69) is 50.8 Å². The Balaban J connectivity index is 1.31. The number of nitrogens with one attached hydrogen (secondary N) is 1. The molecule has 2 aromatic heterocycles. The fraction of sp³-hybridized carbons (Fsp3) is 0.385. The van der Waals surface area contributed by atoms with Gasteiger partial charge in [0.1, 0.15) is 11.3 Å². The molecule has 2 aliphatic heterocycles. The Morgan fingerprint density at radius 1 is 0.972 bits per heavy atom. The normalized spacial score (nSPS) is 16.9. The van der Waals surface area contributed by atoms with Crippen LogP contribution < -0.4 is 20.7 Å². The number of hydrogen-bond acceptors (Lipinski definition) is 8. The van der Waals surface area contributed by atoms with Crippen molar-refractivity contribution in [3.05, 3.63) is 59.5 Å². The van der Waals surface area contributed by atoms with Crippen LogP contribution in [-0.2, 0) is 11.8 Å². The van der Waals surface area contributed by atoms with Crippen LogP contribution in [0.15, 0.2) is 54.0 Å². The summed E-state index contributed by atoms with van der Waals surface area (Å²) in [5.74, 6) is 0.359. The molecule has 4 heterocycles. The predicted octanol–water partition coefficient (Wildman–Crippen LogP) is 1.66. The summed E-state index contributed by atoms with van der Waals surface area (Å²) in [6, 6.07) is 10.1. The van der Waals surface area contributed by atoms with Gasteiger partial charge in [-0.1, -0.05) is 6.58 Å². The van der Waals surface area contributed by atoms with E-state index in [4.69, 9.17) is 0 Å². The Bertz CT molecular complexity index is 1320. The highest BCUT2D eigenvalue weighted by Crippen LogP contribution is 2.23. The minimum Gasteiger partial charge on any atom is -0.369 e. The van der Waals surface area contributed by atoms with Gasteiger partial charge in [0.25, 0.3) is 5.56 Å². The standard InChI is InChI=1S/C26H32N8O2/c1-4-23(35)34-15-13-33(14-16-34)22-17-19-18-27-26(29-24(19)31(3)25(22)36)28-20-5-7-21(8-6-20)32-11-9-30(2)10-12-32/h4-8,17-18H,1,9-16H2,2-3H3,(H,27,28,29). The number of aromatic nitrogens is 3. The van der Waals surface area contributed by atoms with E-state index in [1.807, 2.05) is 23.1 Å². The molecular weight excluding hydrogens is 456 g/mol. The summed E-state index contributed by atoms with van der Waals surface area (Å²) in [7, 11) is 3.88. The van der Waals surface area contributed by atoms with Gasteiger partial charge in [-0.3, -0.25) is 14.2 Å². The molecule has 0 atom stereocenters. The summed E-state index contributed by atoms with van der Waals surface area (Å²) >= 11 is 0. The zero-order valence-corrected chi connectivity index (χ0v) is 20.9. The zero-order valence-electron chi connectivity index (χ0n) is 20.9. The third-order valence-electron chi connectivity index (χ3n) is 7.03. The van der Waals surface area contributed by atoms with E-state index in [0.717, 1.165) is 37.3 Å². The van der Waals surface area contributed by atoms with E-state index in [9.17, 15) is 9.59 Å². The lowest BCUT2D eigenvalue weighted by Crippen LogP contribution is -2.49. The third-order valence-corrected chi connectivity index (χ3v) is 7.03. The minimum absolute atomic E-state index is 0.0801. The van der Waals surface area contributed by atoms with E-state index < -0.39 is 0 Å². The number of rotatable bonds is 5. The van der Waals surface area contributed by atoms with Crippen molar-refractivity contribution in [1.29, 1.82) is 0 Å². The lowest BCUT2D eigenvalue weighted by Gasteiger charge is -2.35. The van der Waals surface area contributed by atoms with Crippen LogP contribution in [0.25, 0.3) is 11.0 Å². The van der Waals surface area contributed by atoms with Crippen molar-refractivity contribution in [3.63, 3.8) is 0 Å². The summed E-state index contributed by atoms with van der Waals surface area (Å²) < 4.78 is 1.56. The number of carbonyl (C=O) groups is 1. The number of fused-ring (bicyclic) bond motifs is 1. The van der Waals surface area contributed by atoms with Crippen LogP contribution in [-0.4, -0.2) is 89.6 Å². The Morgan fingerprint density at radius 2 is 1.64 bits per heavy atom. The van der Waals surface area contributed by atoms with Gasteiger partial charge in [0.15, 0.2) is 0 Å². The highest BCUT2D eigenvalue weighted by atomic mass is 16.2. The number of carbonyl (C=O) groups excluding carboxylic acids is 1. The second-order valence-corrected chi connectivity index (χ2v) is 9.34. The average Bonchev–Trinajstić information content (AvgIpc) is 2.91. The molecule has 0 radical (unpaired) electrons. The fourth-order valence-corrected chi connectivity index (χ4v) is 4.76. The summed E-state index contributed by atoms with van der Waals surface area (Å²) in [4.78, 5) is 42.6. The molecule has 0 saturated carbocycles. The van der Waals surface area contributed by atoms with Gasteiger partial charge in [-0.25, -0.2) is 4.98 Å². The summed E-state index contributed by atoms with van der Waals surface area (Å²) in [6.07, 6.45) is 3.07. The van der Waals surface area contributed by atoms with Crippen LogP contribution in [0.1, 0.15) is 0 Å². The Kier molecular flexibility index (Phi) is 6.60. The molecule has 0 aliphatic carbocycles. The lowest BCUT2D eigenvalue weighted by atomic mass is 10.2. The summed E-state index contributed by atoms with van der Waals surface area (Å²) in [5.41, 5.74) is 3.14. The number of aryl methyl sites for hydroxylation is 1. The molecule has 1 amide bonds. The topological polar surface area (TPSA) is 89.8 Å². The Hall–Kier alpha value is -3.92. The molecular formula is C26H32N8O2. The first-order valence-corrected chi connectivity index (χ1v) is 12.3. The van der Waals surface area contributed by atoms with E-state index >= 15 is 0 Å². The highest BCUT2D eigenvalue weighted by Gasteiger charge is 2.22. The molecule has 1 aromatic carbocycles. The van der Waals surface area contributed by atoms with Crippen molar-refractivity contribution in [2.75, 3.05) is 74.5 Å². The fourth-order valence-electron chi connectivity index (χ4n) is 4.76. The van der Waals surface area contributed by atoms with Gasteiger partial charge in [-0.2, -0.15) is 4.98 Å². The van der Waals surface area contributed by atoms with Crippen molar-refractivity contribution in [2.45, 2.75) is 0 Å². The number of likely N-dealkylation sites (N-methyl/N-ethyl adjacent to an activating group) is 1. The zero-order chi connectivity index (χ0) is 25.2. The molecule has 5 rings (SSSR count). The Labute approximate surface area is 210 Å². The van der Waals surface area contributed by atoms with Crippen molar-refractivity contribution < 1.29 is 4.79 Å². The van der Waals surface area contributed by atoms with Gasteiger partial charge in [0.05, 0.1) is 0 Å². The van der Waals surface area contributed by atoms with Crippen molar-refractivity contribution >= 4 is 40.0 Å². The first-order chi connectivity index (χ1) is 17.4. The van der Waals surface area contributed by atoms with Gasteiger partial charge in [0, 0.05) is 82.4 Å². The van der Waals surface area contributed by atoms with Crippen LogP contribution in [0.2, 0.25) is 0 Å². The van der Waals surface area contributed by atoms with Gasteiger partial charge in [-0.15, -0.1) is 0 Å². The van der Waals surface area contributed by atoms with E-state index in [0.29, 0.717) is 43.5 Å².